The van der Waals surface area contributed by atoms with Gasteiger partial charge < -0.3 is 4.90 Å². The van der Waals surface area contributed by atoms with Gasteiger partial charge in [-0.05, 0) is 43.0 Å². The topological polar surface area (TPSA) is 23.6 Å². The minimum absolute atomic E-state index is 0.0663. The van der Waals surface area contributed by atoms with Crippen LogP contribution in [0.5, 0.6) is 0 Å². The van der Waals surface area contributed by atoms with Crippen molar-refractivity contribution in [3.05, 3.63) is 48.0 Å². The first-order chi connectivity index (χ1) is 11.4. The lowest BCUT2D eigenvalue weighted by Crippen LogP contribution is -2.44. The molecule has 1 aromatic rings. The van der Waals surface area contributed by atoms with Crippen LogP contribution in [0.25, 0.3) is 0 Å². The van der Waals surface area contributed by atoms with Crippen LogP contribution >= 0.6 is 0 Å². The van der Waals surface area contributed by atoms with Gasteiger partial charge in [0.25, 0.3) is 0 Å². The molecule has 0 saturated carbocycles. The molecule has 1 amide bonds. The molecule has 0 aliphatic carbocycles. The highest BCUT2D eigenvalue weighted by Gasteiger charge is 2.40. The molecule has 0 spiro atoms. The van der Waals surface area contributed by atoms with Crippen LogP contribution in [0.2, 0.25) is 0 Å². The summed E-state index contributed by atoms with van der Waals surface area (Å²) in [5.74, 6) is 0.330. The molecular formula is C18H21F3N2O. The summed E-state index contributed by atoms with van der Waals surface area (Å²) in [5, 5.41) is 0. The van der Waals surface area contributed by atoms with Crippen molar-refractivity contribution >= 4 is 5.91 Å². The first-order valence-corrected chi connectivity index (χ1v) is 8.20. The van der Waals surface area contributed by atoms with Crippen LogP contribution < -0.4 is 0 Å². The van der Waals surface area contributed by atoms with Crippen LogP contribution in [-0.4, -0.2) is 41.4 Å². The molecule has 24 heavy (non-hydrogen) atoms. The number of nitrogens with zero attached hydrogens (tertiary/aromatic N) is 2. The number of amides is 1. The van der Waals surface area contributed by atoms with Crippen LogP contribution in [0.1, 0.15) is 24.0 Å². The summed E-state index contributed by atoms with van der Waals surface area (Å²) < 4.78 is 38.6. The van der Waals surface area contributed by atoms with E-state index in [0.29, 0.717) is 31.1 Å². The lowest BCUT2D eigenvalue weighted by atomic mass is 9.91. The number of hydrogen-bond donors (Lipinski definition) is 0. The minimum atomic E-state index is -4.32. The summed E-state index contributed by atoms with van der Waals surface area (Å²) >= 11 is 0. The van der Waals surface area contributed by atoms with E-state index in [1.54, 1.807) is 11.0 Å². The minimum Gasteiger partial charge on any atom is -0.337 e. The molecule has 2 saturated heterocycles. The fraction of sp³-hybridized carbons (Fsp3) is 0.500. The highest BCUT2D eigenvalue weighted by atomic mass is 19.4. The number of fused-ring (bicyclic) bond motifs is 1. The van der Waals surface area contributed by atoms with Gasteiger partial charge in [0.05, 0.1) is 5.56 Å². The fourth-order valence-corrected chi connectivity index (χ4v) is 3.86. The highest BCUT2D eigenvalue weighted by Crippen LogP contribution is 2.33. The Labute approximate surface area is 139 Å². The second kappa shape index (κ2) is 6.59. The first kappa shape index (κ1) is 17.0. The number of halogens is 3. The maximum atomic E-state index is 12.9. The Kier molecular flexibility index (Phi) is 4.67. The fourth-order valence-electron chi connectivity index (χ4n) is 3.86. The third-order valence-corrected chi connectivity index (χ3v) is 5.02. The third kappa shape index (κ3) is 3.48. The largest absolute Gasteiger partial charge is 0.416 e. The number of carbonyl (C=O) groups is 1. The smallest absolute Gasteiger partial charge is 0.337 e. The molecule has 0 aromatic heterocycles. The van der Waals surface area contributed by atoms with E-state index >= 15 is 0 Å². The van der Waals surface area contributed by atoms with Crippen molar-refractivity contribution < 1.29 is 18.0 Å². The van der Waals surface area contributed by atoms with Gasteiger partial charge >= 0.3 is 6.18 Å². The van der Waals surface area contributed by atoms with E-state index in [1.165, 1.54) is 18.2 Å². The van der Waals surface area contributed by atoms with E-state index in [0.717, 1.165) is 25.5 Å². The normalized spacial score (nSPS) is 24.7. The Bertz CT molecular complexity index is 629. The maximum absolute atomic E-state index is 12.9. The lowest BCUT2D eigenvalue weighted by Gasteiger charge is -2.36. The van der Waals surface area contributed by atoms with Crippen LogP contribution in [-0.2, 0) is 17.5 Å². The van der Waals surface area contributed by atoms with Crippen molar-refractivity contribution in [2.75, 3.05) is 19.6 Å². The number of rotatable bonds is 3. The molecular weight excluding hydrogens is 317 g/mol. The molecule has 130 valence electrons. The first-order valence-electron chi connectivity index (χ1n) is 8.20. The summed E-state index contributed by atoms with van der Waals surface area (Å²) in [5.41, 5.74) is 0.0578. The maximum Gasteiger partial charge on any atom is 0.416 e. The van der Waals surface area contributed by atoms with Crippen LogP contribution in [0, 0.1) is 5.92 Å². The number of benzene rings is 1. The summed E-state index contributed by atoms with van der Waals surface area (Å²) in [6.45, 7) is 6.22. The van der Waals surface area contributed by atoms with Gasteiger partial charge in [0, 0.05) is 25.7 Å². The Hall–Kier alpha value is -1.82. The highest BCUT2D eigenvalue weighted by molar-refractivity contribution is 5.87. The molecule has 3 nitrogen and oxygen atoms in total. The van der Waals surface area contributed by atoms with Crippen molar-refractivity contribution in [1.82, 2.24) is 9.80 Å². The molecule has 2 heterocycles. The average Bonchev–Trinajstić information content (AvgIpc) is 2.99. The zero-order valence-electron chi connectivity index (χ0n) is 13.4. The van der Waals surface area contributed by atoms with E-state index < -0.39 is 11.7 Å². The van der Waals surface area contributed by atoms with E-state index in [9.17, 15) is 18.0 Å². The van der Waals surface area contributed by atoms with Crippen LogP contribution in [0.4, 0.5) is 13.2 Å². The van der Waals surface area contributed by atoms with Gasteiger partial charge in [0.1, 0.15) is 0 Å². The molecule has 6 heteroatoms. The van der Waals surface area contributed by atoms with Crippen LogP contribution in [0.15, 0.2) is 36.9 Å². The van der Waals surface area contributed by atoms with E-state index in [2.05, 4.69) is 11.5 Å². The van der Waals surface area contributed by atoms with Gasteiger partial charge in [-0.2, -0.15) is 13.2 Å². The Balaban J connectivity index is 1.73. The second-order valence-electron chi connectivity index (χ2n) is 6.59. The zero-order chi connectivity index (χ0) is 17.3. The van der Waals surface area contributed by atoms with E-state index in [1.807, 2.05) is 0 Å². The van der Waals surface area contributed by atoms with Gasteiger partial charge in [-0.15, -0.1) is 0 Å². The van der Waals surface area contributed by atoms with Crippen molar-refractivity contribution in [1.29, 1.82) is 0 Å². The Morgan fingerprint density at radius 3 is 2.83 bits per heavy atom. The average molecular weight is 338 g/mol. The molecule has 3 rings (SSSR count). The molecule has 2 aliphatic rings. The number of hydrogen-bond acceptors (Lipinski definition) is 2. The number of carbonyl (C=O) groups excluding carboxylic acids is 1. The lowest BCUT2D eigenvalue weighted by molar-refractivity contribution is -0.137. The van der Waals surface area contributed by atoms with Gasteiger partial charge in [0.15, 0.2) is 0 Å². The molecule has 0 N–H and O–H groups in total. The zero-order valence-corrected chi connectivity index (χ0v) is 13.4. The Morgan fingerprint density at radius 1 is 1.33 bits per heavy atom. The van der Waals surface area contributed by atoms with Crippen LogP contribution in [0.3, 0.4) is 0 Å². The van der Waals surface area contributed by atoms with Gasteiger partial charge in [-0.1, -0.05) is 24.8 Å². The Morgan fingerprint density at radius 2 is 2.12 bits per heavy atom. The van der Waals surface area contributed by atoms with Crippen molar-refractivity contribution in [2.45, 2.75) is 31.6 Å². The number of piperidine rings is 1. The summed E-state index contributed by atoms with van der Waals surface area (Å²) in [6, 6.07) is 5.74. The summed E-state index contributed by atoms with van der Waals surface area (Å²) in [7, 11) is 0. The predicted molar refractivity (Wildman–Crippen MR) is 85.1 cm³/mol. The summed E-state index contributed by atoms with van der Waals surface area (Å²) in [4.78, 5) is 15.9. The third-order valence-electron chi connectivity index (χ3n) is 5.02. The SMILES string of the molecule is C=CC(=O)N1C[C@H]2CCCN(Cc3cccc(C(F)(F)F)c3)[C@H]2C1. The molecule has 0 radical (unpaired) electrons. The number of alkyl halides is 3. The standard InChI is InChI=1S/C18H21F3N2O/c1-2-17(24)23-11-14-6-4-8-22(16(14)12-23)10-13-5-3-7-15(9-13)18(19,20)21/h2-3,5,7,9,14,16H,1,4,6,8,10-12H2/t14-,16+/m1/s1. The molecule has 1 aromatic carbocycles. The molecule has 2 fully saturated rings. The monoisotopic (exact) mass is 338 g/mol. The van der Waals surface area contributed by atoms with Gasteiger partial charge in [-0.3, -0.25) is 9.69 Å². The molecule has 0 bridgehead atoms. The van der Waals surface area contributed by atoms with Crippen molar-refractivity contribution in [3.63, 3.8) is 0 Å². The predicted octanol–water partition coefficient (Wildman–Crippen LogP) is 3.31. The molecule has 0 unspecified atom stereocenters. The summed E-state index contributed by atoms with van der Waals surface area (Å²) in [6.07, 6.45) is -0.920. The molecule has 2 atom stereocenters. The van der Waals surface area contributed by atoms with E-state index in [4.69, 9.17) is 0 Å². The second-order valence-corrected chi connectivity index (χ2v) is 6.59. The number of likely N-dealkylation sites (tertiary alicyclic amines) is 2. The van der Waals surface area contributed by atoms with Crippen molar-refractivity contribution in [2.24, 2.45) is 5.92 Å². The van der Waals surface area contributed by atoms with Gasteiger partial charge in [-0.25, -0.2) is 0 Å². The van der Waals surface area contributed by atoms with Crippen molar-refractivity contribution in [3.8, 4) is 0 Å². The molecule has 2 aliphatic heterocycles. The quantitative estimate of drug-likeness (QED) is 0.790. The van der Waals surface area contributed by atoms with E-state index in [-0.39, 0.29) is 11.9 Å². The van der Waals surface area contributed by atoms with Gasteiger partial charge in [0.2, 0.25) is 5.91 Å².